The Morgan fingerprint density at radius 3 is 2.00 bits per heavy atom. The standard InChI is InChI=1S/C10H11Br/c1-7-5-4-6-8(2)10(7)9(3)11/h4-6H,3H2,1-2H3. The summed E-state index contributed by atoms with van der Waals surface area (Å²) in [5.41, 5.74) is 3.77. The van der Waals surface area contributed by atoms with Gasteiger partial charge in [0.05, 0.1) is 0 Å². The van der Waals surface area contributed by atoms with E-state index < -0.39 is 0 Å². The van der Waals surface area contributed by atoms with Gasteiger partial charge in [0.2, 0.25) is 0 Å². The van der Waals surface area contributed by atoms with Gasteiger partial charge in [-0.2, -0.15) is 0 Å². The highest BCUT2D eigenvalue weighted by Crippen LogP contribution is 2.25. The summed E-state index contributed by atoms with van der Waals surface area (Å²) in [5.74, 6) is 0. The predicted molar refractivity (Wildman–Crippen MR) is 53.9 cm³/mol. The molecule has 0 aliphatic heterocycles. The van der Waals surface area contributed by atoms with Crippen molar-refractivity contribution in [1.29, 1.82) is 0 Å². The van der Waals surface area contributed by atoms with Crippen LogP contribution in [-0.4, -0.2) is 0 Å². The molecule has 0 bridgehead atoms. The van der Waals surface area contributed by atoms with Gasteiger partial charge in [-0.3, -0.25) is 0 Å². The lowest BCUT2D eigenvalue weighted by molar-refractivity contribution is 1.35. The molecule has 0 fully saturated rings. The maximum Gasteiger partial charge on any atom is 0.0181 e. The summed E-state index contributed by atoms with van der Waals surface area (Å²) in [4.78, 5) is 0. The summed E-state index contributed by atoms with van der Waals surface area (Å²) < 4.78 is 0.966. The zero-order valence-electron chi connectivity index (χ0n) is 6.82. The Balaban J connectivity index is 3.32. The van der Waals surface area contributed by atoms with Crippen molar-refractivity contribution in [2.75, 3.05) is 0 Å². The van der Waals surface area contributed by atoms with Crippen LogP contribution in [0.4, 0.5) is 0 Å². The molecule has 1 aromatic carbocycles. The van der Waals surface area contributed by atoms with Gasteiger partial charge in [-0.05, 0) is 30.5 Å². The van der Waals surface area contributed by atoms with E-state index in [1.807, 2.05) is 0 Å². The van der Waals surface area contributed by atoms with E-state index in [1.165, 1.54) is 16.7 Å². The average molecular weight is 211 g/mol. The Morgan fingerprint density at radius 2 is 1.73 bits per heavy atom. The SMILES string of the molecule is C=C(Br)c1c(C)cccc1C. The molecular weight excluding hydrogens is 200 g/mol. The third-order valence-electron chi connectivity index (χ3n) is 1.75. The fourth-order valence-electron chi connectivity index (χ4n) is 1.24. The lowest BCUT2D eigenvalue weighted by Crippen LogP contribution is -1.86. The van der Waals surface area contributed by atoms with Crippen LogP contribution in [0.15, 0.2) is 24.8 Å². The lowest BCUT2D eigenvalue weighted by atomic mass is 10.0. The first-order valence-corrected chi connectivity index (χ1v) is 4.33. The van der Waals surface area contributed by atoms with Crippen LogP contribution >= 0.6 is 15.9 Å². The molecular formula is C10H11Br. The largest absolute Gasteiger partial charge is 0.0841 e. The second kappa shape index (κ2) is 3.22. The fraction of sp³-hybridized carbons (Fsp3) is 0.200. The summed E-state index contributed by atoms with van der Waals surface area (Å²) in [6.07, 6.45) is 0. The van der Waals surface area contributed by atoms with Crippen molar-refractivity contribution in [2.24, 2.45) is 0 Å². The molecule has 0 aliphatic rings. The van der Waals surface area contributed by atoms with Gasteiger partial charge < -0.3 is 0 Å². The van der Waals surface area contributed by atoms with Gasteiger partial charge in [0.15, 0.2) is 0 Å². The van der Waals surface area contributed by atoms with E-state index in [-0.39, 0.29) is 0 Å². The molecule has 58 valence electrons. The minimum atomic E-state index is 0.966. The van der Waals surface area contributed by atoms with Crippen LogP contribution in [0.5, 0.6) is 0 Å². The van der Waals surface area contributed by atoms with Gasteiger partial charge in [0, 0.05) is 4.48 Å². The Labute approximate surface area is 76.1 Å². The van der Waals surface area contributed by atoms with Crippen LogP contribution in [0.2, 0.25) is 0 Å². The first-order valence-electron chi connectivity index (χ1n) is 3.54. The highest BCUT2D eigenvalue weighted by atomic mass is 79.9. The fourth-order valence-corrected chi connectivity index (χ4v) is 1.87. The Kier molecular flexibility index (Phi) is 2.50. The summed E-state index contributed by atoms with van der Waals surface area (Å²) in [5, 5.41) is 0. The van der Waals surface area contributed by atoms with Gasteiger partial charge in [-0.15, -0.1) is 0 Å². The second-order valence-corrected chi connectivity index (χ2v) is 3.63. The van der Waals surface area contributed by atoms with Crippen LogP contribution in [0.1, 0.15) is 16.7 Å². The Hall–Kier alpha value is -0.560. The minimum absolute atomic E-state index is 0.966. The van der Waals surface area contributed by atoms with Crippen LogP contribution in [0, 0.1) is 13.8 Å². The van der Waals surface area contributed by atoms with Crippen molar-refractivity contribution >= 4 is 20.4 Å². The maximum atomic E-state index is 3.86. The third-order valence-corrected chi connectivity index (χ3v) is 2.15. The summed E-state index contributed by atoms with van der Waals surface area (Å²) in [7, 11) is 0. The maximum absolute atomic E-state index is 3.86. The van der Waals surface area contributed by atoms with Crippen molar-refractivity contribution in [3.8, 4) is 0 Å². The van der Waals surface area contributed by atoms with Gasteiger partial charge in [0.25, 0.3) is 0 Å². The predicted octanol–water partition coefficient (Wildman–Crippen LogP) is 3.67. The first-order chi connectivity index (χ1) is 5.13. The van der Waals surface area contributed by atoms with Gasteiger partial charge >= 0.3 is 0 Å². The molecule has 0 aliphatic carbocycles. The topological polar surface area (TPSA) is 0 Å². The van der Waals surface area contributed by atoms with E-state index in [1.54, 1.807) is 0 Å². The number of hydrogen-bond acceptors (Lipinski definition) is 0. The zero-order chi connectivity index (χ0) is 8.43. The molecule has 1 heteroatoms. The van der Waals surface area contributed by atoms with Gasteiger partial charge in [-0.25, -0.2) is 0 Å². The lowest BCUT2D eigenvalue weighted by Gasteiger charge is -2.06. The molecule has 0 saturated carbocycles. The van der Waals surface area contributed by atoms with Crippen LogP contribution < -0.4 is 0 Å². The smallest absolute Gasteiger partial charge is 0.0181 e. The van der Waals surface area contributed by atoms with Crippen molar-refractivity contribution in [2.45, 2.75) is 13.8 Å². The number of rotatable bonds is 1. The average Bonchev–Trinajstić information content (AvgIpc) is 1.85. The highest BCUT2D eigenvalue weighted by Gasteiger charge is 2.01. The molecule has 0 unspecified atom stereocenters. The molecule has 1 rings (SSSR count). The molecule has 0 aromatic heterocycles. The van der Waals surface area contributed by atoms with Crippen LogP contribution in [0.3, 0.4) is 0 Å². The van der Waals surface area contributed by atoms with Crippen molar-refractivity contribution in [3.05, 3.63) is 41.5 Å². The summed E-state index contributed by atoms with van der Waals surface area (Å²) in [6, 6.07) is 6.24. The molecule has 0 N–H and O–H groups in total. The van der Waals surface area contributed by atoms with E-state index >= 15 is 0 Å². The van der Waals surface area contributed by atoms with E-state index in [4.69, 9.17) is 0 Å². The zero-order valence-corrected chi connectivity index (χ0v) is 8.40. The number of benzene rings is 1. The van der Waals surface area contributed by atoms with E-state index in [2.05, 4.69) is 54.6 Å². The minimum Gasteiger partial charge on any atom is -0.0841 e. The molecule has 0 saturated heterocycles. The number of aryl methyl sites for hydroxylation is 2. The van der Waals surface area contributed by atoms with Gasteiger partial charge in [0.1, 0.15) is 0 Å². The Morgan fingerprint density at radius 1 is 1.27 bits per heavy atom. The van der Waals surface area contributed by atoms with E-state index in [0.29, 0.717) is 0 Å². The molecule has 0 amide bonds. The molecule has 11 heavy (non-hydrogen) atoms. The van der Waals surface area contributed by atoms with E-state index in [9.17, 15) is 0 Å². The van der Waals surface area contributed by atoms with Crippen LogP contribution in [-0.2, 0) is 0 Å². The Bertz CT molecular complexity index is 267. The molecule has 0 spiro atoms. The molecule has 0 heterocycles. The number of halogens is 1. The van der Waals surface area contributed by atoms with Crippen molar-refractivity contribution in [1.82, 2.24) is 0 Å². The molecule has 0 radical (unpaired) electrons. The first kappa shape index (κ1) is 8.54. The second-order valence-electron chi connectivity index (χ2n) is 2.67. The van der Waals surface area contributed by atoms with Crippen molar-refractivity contribution in [3.63, 3.8) is 0 Å². The monoisotopic (exact) mass is 210 g/mol. The van der Waals surface area contributed by atoms with Crippen molar-refractivity contribution < 1.29 is 0 Å². The summed E-state index contributed by atoms with van der Waals surface area (Å²) >= 11 is 3.39. The summed E-state index contributed by atoms with van der Waals surface area (Å²) in [6.45, 7) is 8.05. The molecule has 1 aromatic rings. The normalized spacial score (nSPS) is 9.73. The molecule has 0 nitrogen and oxygen atoms in total. The third kappa shape index (κ3) is 1.72. The highest BCUT2D eigenvalue weighted by molar-refractivity contribution is 9.15. The molecule has 0 atom stereocenters. The number of hydrogen-bond donors (Lipinski definition) is 0. The van der Waals surface area contributed by atoms with Crippen LogP contribution in [0.25, 0.3) is 4.48 Å². The van der Waals surface area contributed by atoms with E-state index in [0.717, 1.165) is 4.48 Å². The van der Waals surface area contributed by atoms with Gasteiger partial charge in [-0.1, -0.05) is 40.7 Å². The quantitative estimate of drug-likeness (QED) is 0.664.